The van der Waals surface area contributed by atoms with Crippen LogP contribution in [0.4, 0.5) is 0 Å². The van der Waals surface area contributed by atoms with Crippen molar-refractivity contribution in [1.82, 2.24) is 0 Å². The van der Waals surface area contributed by atoms with Crippen LogP contribution in [0.1, 0.15) is 47.5 Å². The third-order valence-corrected chi connectivity index (χ3v) is 7.25. The number of carbonyl (C=O) groups excluding carboxylic acids is 2. The first kappa shape index (κ1) is 24.8. The van der Waals surface area contributed by atoms with E-state index in [9.17, 15) is 26.4 Å². The smallest absolute Gasteiger partial charge is 0.336 e. The van der Waals surface area contributed by atoms with Crippen LogP contribution in [-0.2, 0) is 47.7 Å². The zero-order chi connectivity index (χ0) is 20.5. The summed E-state index contributed by atoms with van der Waals surface area (Å²) in [6, 6.07) is 0. The molecule has 0 heterocycles. The summed E-state index contributed by atoms with van der Waals surface area (Å²) in [6.45, 7) is 6.84. The van der Waals surface area contributed by atoms with Crippen molar-refractivity contribution < 1.29 is 44.3 Å². The Bertz CT molecular complexity index is 612. The van der Waals surface area contributed by atoms with Crippen molar-refractivity contribution in [1.29, 1.82) is 0 Å². The third-order valence-electron chi connectivity index (χ3n) is 2.96. The highest BCUT2D eigenvalue weighted by Crippen LogP contribution is 2.22. The normalized spacial score (nSPS) is 15.7. The van der Waals surface area contributed by atoms with Crippen LogP contribution in [0.25, 0.3) is 0 Å². The third kappa shape index (κ3) is 7.56. The average molecular weight is 418 g/mol. The Labute approximate surface area is 154 Å². The molecule has 0 radical (unpaired) electrons. The van der Waals surface area contributed by atoms with E-state index in [1.54, 1.807) is 6.92 Å². The van der Waals surface area contributed by atoms with E-state index >= 15 is 0 Å². The zero-order valence-corrected chi connectivity index (χ0v) is 17.1. The maximum atomic E-state index is 12.4. The Hall–Kier alpha value is -1.24. The minimum Gasteiger partial charge on any atom is -0.464 e. The van der Waals surface area contributed by atoms with E-state index in [0.29, 0.717) is 0 Å². The van der Waals surface area contributed by atoms with Gasteiger partial charge in [-0.3, -0.25) is 8.37 Å². The summed E-state index contributed by atoms with van der Waals surface area (Å²) in [4.78, 5) is 23.1. The summed E-state index contributed by atoms with van der Waals surface area (Å²) in [5.74, 6) is -1.91. The Kier molecular flexibility index (Phi) is 10.3. The van der Waals surface area contributed by atoms with Gasteiger partial charge in [0.1, 0.15) is 0 Å². The Balaban J connectivity index is 5.47. The van der Waals surface area contributed by atoms with Crippen LogP contribution in [0.3, 0.4) is 0 Å². The quantitative estimate of drug-likeness (QED) is 0.329. The van der Waals surface area contributed by atoms with Crippen molar-refractivity contribution in [2.45, 2.75) is 64.3 Å². The molecule has 0 spiro atoms. The molecule has 0 amide bonds. The van der Waals surface area contributed by atoms with Gasteiger partial charge in [0.2, 0.25) is 4.58 Å². The predicted octanol–water partition coefficient (Wildman–Crippen LogP) is 0.709. The summed E-state index contributed by atoms with van der Waals surface area (Å²) in [5, 5.41) is 0. The van der Waals surface area contributed by atoms with Crippen molar-refractivity contribution in [2.75, 3.05) is 13.2 Å². The van der Waals surface area contributed by atoms with Gasteiger partial charge in [0.05, 0.1) is 13.2 Å². The molecule has 2 unspecified atom stereocenters. The molecule has 0 rings (SSSR count). The van der Waals surface area contributed by atoms with E-state index in [-0.39, 0.29) is 26.1 Å². The van der Waals surface area contributed by atoms with Crippen molar-refractivity contribution in [2.24, 2.45) is 0 Å². The van der Waals surface area contributed by atoms with Gasteiger partial charge in [-0.25, -0.2) is 9.59 Å². The molecule has 0 saturated heterocycles. The maximum Gasteiger partial charge on any atom is 0.336 e. The first-order chi connectivity index (χ1) is 11.9. The fraction of sp³-hybridized carbons (Fsp3) is 0.857. The van der Waals surface area contributed by atoms with E-state index in [2.05, 4.69) is 17.8 Å². The highest BCUT2D eigenvalue weighted by atomic mass is 32.3. The van der Waals surface area contributed by atoms with Crippen LogP contribution in [0.2, 0.25) is 0 Å². The van der Waals surface area contributed by atoms with Crippen molar-refractivity contribution in [3.8, 4) is 0 Å². The molecule has 0 aliphatic rings. The number of carbonyl (C=O) groups is 2. The maximum absolute atomic E-state index is 12.4. The highest BCUT2D eigenvalue weighted by molar-refractivity contribution is 8.04. The molecular formula is C14H26O10S2. The molecular weight excluding hydrogens is 392 g/mol. The van der Waals surface area contributed by atoms with Gasteiger partial charge in [-0.05, 0) is 34.1 Å². The molecule has 154 valence electrons. The molecule has 0 N–H and O–H groups in total. The number of ether oxygens (including phenoxy) is 2. The largest absolute Gasteiger partial charge is 0.464 e. The fourth-order valence-electron chi connectivity index (χ4n) is 1.79. The molecule has 0 aromatic carbocycles. The van der Waals surface area contributed by atoms with E-state index in [0.717, 1.165) is 13.8 Å². The lowest BCUT2D eigenvalue weighted by Gasteiger charge is -2.20. The Morgan fingerprint density at radius 3 is 1.38 bits per heavy atom. The molecule has 0 saturated carbocycles. The summed E-state index contributed by atoms with van der Waals surface area (Å²) >= 11 is 0. The number of hydrogen-bond acceptors (Lipinski definition) is 10. The molecule has 0 aromatic rings. The summed E-state index contributed by atoms with van der Waals surface area (Å²) in [7, 11) is -9.51. The number of hydrogen-bond donors (Lipinski definition) is 0. The molecule has 0 fully saturated rings. The number of rotatable bonds is 12. The van der Waals surface area contributed by atoms with Gasteiger partial charge in [0.15, 0.2) is 12.2 Å². The predicted molar refractivity (Wildman–Crippen MR) is 90.9 cm³/mol. The van der Waals surface area contributed by atoms with Crippen molar-refractivity contribution in [3.05, 3.63) is 0 Å². The van der Waals surface area contributed by atoms with Crippen LogP contribution in [0, 0.1) is 0 Å². The molecule has 0 aliphatic heterocycles. The van der Waals surface area contributed by atoms with Crippen LogP contribution < -0.4 is 0 Å². The Morgan fingerprint density at radius 1 is 0.769 bits per heavy atom. The highest BCUT2D eigenvalue weighted by Gasteiger charge is 2.42. The van der Waals surface area contributed by atoms with Crippen molar-refractivity contribution in [3.63, 3.8) is 0 Å². The summed E-state index contributed by atoms with van der Waals surface area (Å²) in [5.41, 5.74) is 0. The van der Waals surface area contributed by atoms with Crippen LogP contribution in [0.15, 0.2) is 0 Å². The first-order valence-corrected chi connectivity index (χ1v) is 11.0. The van der Waals surface area contributed by atoms with E-state index in [1.807, 2.05) is 0 Å². The van der Waals surface area contributed by atoms with E-state index < -0.39 is 49.0 Å². The molecule has 0 aliphatic carbocycles. The van der Waals surface area contributed by atoms with Gasteiger partial charge in [-0.2, -0.15) is 16.8 Å². The molecule has 10 nitrogen and oxygen atoms in total. The van der Waals surface area contributed by atoms with E-state index in [4.69, 9.17) is 0 Å². The fourth-order valence-corrected chi connectivity index (χ4v) is 5.48. The number of esters is 2. The molecule has 0 aromatic heterocycles. The first-order valence-electron chi connectivity index (χ1n) is 8.10. The van der Waals surface area contributed by atoms with Gasteiger partial charge in [-0.1, -0.05) is 13.3 Å². The van der Waals surface area contributed by atoms with E-state index in [1.165, 1.54) is 13.8 Å². The van der Waals surface area contributed by atoms with Gasteiger partial charge in [0.25, 0.3) is 20.2 Å². The average Bonchev–Trinajstić information content (AvgIpc) is 2.51. The van der Waals surface area contributed by atoms with Crippen LogP contribution >= 0.6 is 0 Å². The Morgan fingerprint density at radius 2 is 1.12 bits per heavy atom. The lowest BCUT2D eigenvalue weighted by Crippen LogP contribution is -2.39. The molecule has 12 heteroatoms. The second kappa shape index (κ2) is 10.8. The summed E-state index contributed by atoms with van der Waals surface area (Å²) < 4.78 is 65.9. The van der Waals surface area contributed by atoms with Gasteiger partial charge in [0, 0.05) is 0 Å². The molecule has 26 heavy (non-hydrogen) atoms. The lowest BCUT2D eigenvalue weighted by atomic mass is 10.4. The van der Waals surface area contributed by atoms with Crippen LogP contribution in [0.5, 0.6) is 0 Å². The minimum atomic E-state index is -4.75. The standard InChI is InChI=1S/C14H26O10S2/c1-6-9-12(25(17,18)23-10(4)13(15)21-7-2)26(19,20)24-11(5)14(16)22-8-3/h10-12H,6-9H2,1-5H3. The molecule has 0 bridgehead atoms. The molecule has 2 atom stereocenters. The second-order valence-corrected chi connectivity index (χ2v) is 8.98. The summed E-state index contributed by atoms with van der Waals surface area (Å²) in [6.07, 6.45) is -3.25. The van der Waals surface area contributed by atoms with Gasteiger partial charge in [-0.15, -0.1) is 0 Å². The van der Waals surface area contributed by atoms with Gasteiger partial charge >= 0.3 is 11.9 Å². The van der Waals surface area contributed by atoms with Crippen molar-refractivity contribution >= 4 is 32.2 Å². The SMILES string of the molecule is CCCC(S(=O)(=O)OC(C)C(=O)OCC)S(=O)(=O)OC(C)C(=O)OCC. The lowest BCUT2D eigenvalue weighted by molar-refractivity contribution is -0.150. The monoisotopic (exact) mass is 418 g/mol. The van der Waals surface area contributed by atoms with Crippen LogP contribution in [-0.4, -0.2) is 58.8 Å². The zero-order valence-electron chi connectivity index (χ0n) is 15.5. The van der Waals surface area contributed by atoms with Gasteiger partial charge < -0.3 is 9.47 Å². The second-order valence-electron chi connectivity index (χ2n) is 5.18. The topological polar surface area (TPSA) is 139 Å². The minimum absolute atomic E-state index is 0.00341.